The van der Waals surface area contributed by atoms with Gasteiger partial charge in [-0.15, -0.1) is 0 Å². The van der Waals surface area contributed by atoms with Crippen LogP contribution in [0.2, 0.25) is 0 Å². The van der Waals surface area contributed by atoms with E-state index in [1.54, 1.807) is 6.07 Å². The van der Waals surface area contributed by atoms with E-state index in [0.29, 0.717) is 11.3 Å². The van der Waals surface area contributed by atoms with Gasteiger partial charge in [-0.2, -0.15) is 0 Å². The van der Waals surface area contributed by atoms with Crippen LogP contribution in [0, 0.1) is 19.7 Å². The van der Waals surface area contributed by atoms with Crippen molar-refractivity contribution in [2.75, 3.05) is 0 Å². The summed E-state index contributed by atoms with van der Waals surface area (Å²) in [6.07, 6.45) is 0. The number of halogens is 1. The Balaban J connectivity index is 2.05. The maximum atomic E-state index is 13.2. The number of fused-ring (bicyclic) bond motifs is 1. The number of benzene rings is 2. The lowest BCUT2D eigenvalue weighted by molar-refractivity contribution is 0.523. The van der Waals surface area contributed by atoms with Crippen molar-refractivity contribution in [3.63, 3.8) is 0 Å². The number of aryl methyl sites for hydroxylation is 2. The number of hydrogen-bond donors (Lipinski definition) is 1. The molecule has 1 heterocycles. The predicted octanol–water partition coefficient (Wildman–Crippen LogP) is 4.24. The first kappa shape index (κ1) is 12.9. The molecule has 2 aromatic carbocycles. The van der Waals surface area contributed by atoms with Gasteiger partial charge in [0.15, 0.2) is 0 Å². The molecule has 2 N–H and O–H groups in total. The minimum absolute atomic E-state index is 0.273. The Bertz CT molecular complexity index is 776. The molecule has 0 aliphatic heterocycles. The highest BCUT2D eigenvalue weighted by molar-refractivity contribution is 5.78. The van der Waals surface area contributed by atoms with Crippen LogP contribution in [-0.4, -0.2) is 0 Å². The van der Waals surface area contributed by atoms with Gasteiger partial charge in [-0.3, -0.25) is 0 Å². The first-order chi connectivity index (χ1) is 9.54. The number of nitrogens with two attached hydrogens (primary N) is 1. The third kappa shape index (κ3) is 2.21. The quantitative estimate of drug-likeness (QED) is 0.756. The number of rotatable bonds is 2. The van der Waals surface area contributed by atoms with Crippen molar-refractivity contribution in [1.82, 2.24) is 0 Å². The maximum Gasteiger partial charge on any atom is 0.134 e. The Kier molecular flexibility index (Phi) is 3.07. The average Bonchev–Trinajstić information content (AvgIpc) is 2.81. The highest BCUT2D eigenvalue weighted by Gasteiger charge is 2.16. The van der Waals surface area contributed by atoms with Gasteiger partial charge in [0.05, 0.1) is 6.04 Å². The summed E-state index contributed by atoms with van der Waals surface area (Å²) in [6, 6.07) is 12.1. The molecule has 2 nitrogen and oxygen atoms in total. The van der Waals surface area contributed by atoms with Crippen molar-refractivity contribution < 1.29 is 8.81 Å². The SMILES string of the molecule is Cc1ccc(C(N)c2cc3cc(F)ccc3o2)c(C)c1. The van der Waals surface area contributed by atoms with Crippen LogP contribution in [0.25, 0.3) is 11.0 Å². The van der Waals surface area contributed by atoms with E-state index < -0.39 is 0 Å². The second-order valence-corrected chi connectivity index (χ2v) is 5.17. The Morgan fingerprint density at radius 2 is 1.85 bits per heavy atom. The fourth-order valence-corrected chi connectivity index (χ4v) is 2.52. The maximum absolute atomic E-state index is 13.2. The summed E-state index contributed by atoms with van der Waals surface area (Å²) in [6.45, 7) is 4.08. The van der Waals surface area contributed by atoms with Crippen molar-refractivity contribution in [3.05, 3.63) is 70.7 Å². The molecule has 0 aliphatic rings. The first-order valence-corrected chi connectivity index (χ1v) is 6.56. The van der Waals surface area contributed by atoms with Gasteiger partial charge >= 0.3 is 0 Å². The van der Waals surface area contributed by atoms with Crippen LogP contribution in [0.4, 0.5) is 4.39 Å². The molecule has 102 valence electrons. The van der Waals surface area contributed by atoms with Crippen LogP contribution in [0.5, 0.6) is 0 Å². The lowest BCUT2D eigenvalue weighted by atomic mass is 9.98. The van der Waals surface area contributed by atoms with Crippen LogP contribution in [0.1, 0.15) is 28.5 Å². The highest BCUT2D eigenvalue weighted by Crippen LogP contribution is 2.29. The predicted molar refractivity (Wildman–Crippen MR) is 78.1 cm³/mol. The van der Waals surface area contributed by atoms with Crippen molar-refractivity contribution in [3.8, 4) is 0 Å². The molecule has 0 amide bonds. The van der Waals surface area contributed by atoms with Gasteiger partial charge < -0.3 is 10.2 Å². The summed E-state index contributed by atoms with van der Waals surface area (Å²) in [5.41, 5.74) is 10.3. The molecule has 0 saturated heterocycles. The Hall–Kier alpha value is -2.13. The zero-order valence-electron chi connectivity index (χ0n) is 11.5. The normalized spacial score (nSPS) is 12.8. The van der Waals surface area contributed by atoms with E-state index in [1.807, 2.05) is 32.0 Å². The topological polar surface area (TPSA) is 39.2 Å². The van der Waals surface area contributed by atoms with Crippen molar-refractivity contribution in [1.29, 1.82) is 0 Å². The molecule has 3 rings (SSSR count). The van der Waals surface area contributed by atoms with Crippen molar-refractivity contribution >= 4 is 11.0 Å². The lowest BCUT2D eigenvalue weighted by Gasteiger charge is -2.12. The molecule has 0 fully saturated rings. The third-order valence-corrected chi connectivity index (χ3v) is 3.56. The van der Waals surface area contributed by atoms with Gasteiger partial charge in [-0.1, -0.05) is 23.8 Å². The zero-order chi connectivity index (χ0) is 14.3. The fourth-order valence-electron chi connectivity index (χ4n) is 2.52. The third-order valence-electron chi connectivity index (χ3n) is 3.56. The van der Waals surface area contributed by atoms with E-state index in [4.69, 9.17) is 10.2 Å². The number of hydrogen-bond acceptors (Lipinski definition) is 2. The summed E-state index contributed by atoms with van der Waals surface area (Å²) in [7, 11) is 0. The van der Waals surface area contributed by atoms with Crippen LogP contribution in [0.3, 0.4) is 0 Å². The summed E-state index contributed by atoms with van der Waals surface area (Å²) in [4.78, 5) is 0. The van der Waals surface area contributed by atoms with Gasteiger partial charge in [-0.05, 0) is 49.2 Å². The van der Waals surface area contributed by atoms with Crippen LogP contribution < -0.4 is 5.73 Å². The molecule has 3 aromatic rings. The van der Waals surface area contributed by atoms with Crippen molar-refractivity contribution in [2.24, 2.45) is 5.73 Å². The smallest absolute Gasteiger partial charge is 0.134 e. The largest absolute Gasteiger partial charge is 0.459 e. The molecule has 1 unspecified atom stereocenters. The minimum atomic E-state index is -0.342. The Labute approximate surface area is 117 Å². The summed E-state index contributed by atoms with van der Waals surface area (Å²) in [5, 5.41) is 0.736. The monoisotopic (exact) mass is 269 g/mol. The van der Waals surface area contributed by atoms with Gasteiger partial charge in [0.2, 0.25) is 0 Å². The summed E-state index contributed by atoms with van der Waals surface area (Å²) in [5.74, 6) is 0.377. The molecule has 0 radical (unpaired) electrons. The van der Waals surface area contributed by atoms with Gasteiger partial charge in [-0.25, -0.2) is 4.39 Å². The molecule has 3 heteroatoms. The molecule has 1 aromatic heterocycles. The molecular formula is C17H16FNO. The van der Waals surface area contributed by atoms with E-state index in [-0.39, 0.29) is 11.9 Å². The van der Waals surface area contributed by atoms with E-state index in [1.165, 1.54) is 17.7 Å². The van der Waals surface area contributed by atoms with E-state index in [2.05, 4.69) is 6.07 Å². The second-order valence-electron chi connectivity index (χ2n) is 5.17. The van der Waals surface area contributed by atoms with E-state index in [0.717, 1.165) is 16.5 Å². The molecule has 0 spiro atoms. The highest BCUT2D eigenvalue weighted by atomic mass is 19.1. The summed E-state index contributed by atoms with van der Waals surface area (Å²) < 4.78 is 18.9. The van der Waals surface area contributed by atoms with Crippen LogP contribution in [0.15, 0.2) is 46.9 Å². The standard InChI is InChI=1S/C17H16FNO/c1-10-3-5-14(11(2)7-10)17(19)16-9-12-8-13(18)4-6-15(12)20-16/h3-9,17H,19H2,1-2H3. The molecule has 0 bridgehead atoms. The molecular weight excluding hydrogens is 253 g/mol. The second kappa shape index (κ2) is 4.76. The average molecular weight is 269 g/mol. The number of furan rings is 1. The van der Waals surface area contributed by atoms with E-state index >= 15 is 0 Å². The molecule has 20 heavy (non-hydrogen) atoms. The molecule has 0 aliphatic carbocycles. The molecule has 1 atom stereocenters. The van der Waals surface area contributed by atoms with Gasteiger partial charge in [0, 0.05) is 5.39 Å². The van der Waals surface area contributed by atoms with Crippen molar-refractivity contribution in [2.45, 2.75) is 19.9 Å². The summed E-state index contributed by atoms with van der Waals surface area (Å²) >= 11 is 0. The van der Waals surface area contributed by atoms with Crippen LogP contribution in [-0.2, 0) is 0 Å². The molecule has 0 saturated carbocycles. The minimum Gasteiger partial charge on any atom is -0.459 e. The van der Waals surface area contributed by atoms with Crippen LogP contribution >= 0.6 is 0 Å². The Morgan fingerprint density at radius 1 is 1.05 bits per heavy atom. The van der Waals surface area contributed by atoms with E-state index in [9.17, 15) is 4.39 Å². The van der Waals surface area contributed by atoms with Gasteiger partial charge in [0.25, 0.3) is 0 Å². The zero-order valence-corrected chi connectivity index (χ0v) is 11.5. The fraction of sp³-hybridized carbons (Fsp3) is 0.176. The Morgan fingerprint density at radius 3 is 2.60 bits per heavy atom. The van der Waals surface area contributed by atoms with Gasteiger partial charge in [0.1, 0.15) is 17.2 Å². The first-order valence-electron chi connectivity index (χ1n) is 6.56. The lowest BCUT2D eigenvalue weighted by Crippen LogP contribution is -2.12.